The summed E-state index contributed by atoms with van der Waals surface area (Å²) in [6.45, 7) is 1.70. The average molecular weight is 245 g/mol. The molecule has 7 nitrogen and oxygen atoms in total. The zero-order valence-corrected chi connectivity index (χ0v) is 9.60. The van der Waals surface area contributed by atoms with Gasteiger partial charge in [0.05, 0.1) is 6.42 Å². The van der Waals surface area contributed by atoms with Gasteiger partial charge >= 0.3 is 11.8 Å². The molecule has 1 atom stereocenters. The Balaban J connectivity index is 2.83. The predicted molar refractivity (Wildman–Crippen MR) is 57.4 cm³/mol. The van der Waals surface area contributed by atoms with E-state index in [0.717, 1.165) is 11.8 Å². The maximum Gasteiger partial charge on any atom is 0.395 e. The SMILES string of the molecule is CC(CC(=O)O)Sc1c([N+](=O)[O-])ncn1C. The van der Waals surface area contributed by atoms with Gasteiger partial charge in [0.15, 0.2) is 5.03 Å². The molecule has 0 aliphatic heterocycles. The minimum absolute atomic E-state index is 0.0486. The van der Waals surface area contributed by atoms with E-state index in [1.54, 1.807) is 14.0 Å². The van der Waals surface area contributed by atoms with Crippen LogP contribution >= 0.6 is 11.8 Å². The van der Waals surface area contributed by atoms with Crippen molar-refractivity contribution in [3.8, 4) is 0 Å². The van der Waals surface area contributed by atoms with Crippen molar-refractivity contribution in [3.05, 3.63) is 16.4 Å². The summed E-state index contributed by atoms with van der Waals surface area (Å²) in [7, 11) is 1.63. The molecule has 1 unspecified atom stereocenters. The molecule has 0 fully saturated rings. The van der Waals surface area contributed by atoms with Crippen LogP contribution in [0.4, 0.5) is 5.82 Å². The zero-order valence-electron chi connectivity index (χ0n) is 8.78. The van der Waals surface area contributed by atoms with Crippen LogP contribution in [0.25, 0.3) is 0 Å². The molecule has 1 heterocycles. The number of carboxylic acids is 1. The fourth-order valence-electron chi connectivity index (χ4n) is 1.15. The van der Waals surface area contributed by atoms with E-state index in [0.29, 0.717) is 5.03 Å². The van der Waals surface area contributed by atoms with Crippen molar-refractivity contribution in [2.75, 3.05) is 0 Å². The summed E-state index contributed by atoms with van der Waals surface area (Å²) in [5, 5.41) is 19.4. The van der Waals surface area contributed by atoms with E-state index in [9.17, 15) is 14.9 Å². The van der Waals surface area contributed by atoms with E-state index in [-0.39, 0.29) is 17.5 Å². The first kappa shape index (κ1) is 12.5. The number of thioether (sulfide) groups is 1. The van der Waals surface area contributed by atoms with E-state index < -0.39 is 10.9 Å². The van der Waals surface area contributed by atoms with Gasteiger partial charge in [-0.05, 0) is 9.91 Å². The minimum atomic E-state index is -0.926. The van der Waals surface area contributed by atoms with E-state index >= 15 is 0 Å². The fraction of sp³-hybridized carbons (Fsp3) is 0.500. The Morgan fingerprint density at radius 3 is 2.94 bits per heavy atom. The highest BCUT2D eigenvalue weighted by Gasteiger charge is 2.23. The quantitative estimate of drug-likeness (QED) is 0.476. The van der Waals surface area contributed by atoms with Gasteiger partial charge in [-0.2, -0.15) is 0 Å². The number of rotatable bonds is 5. The standard InChI is InChI=1S/C8H11N3O4S/c1-5(3-6(12)13)16-8-7(11(14)15)9-4-10(8)2/h4-5H,3H2,1-2H3,(H,12,13). The van der Waals surface area contributed by atoms with E-state index in [4.69, 9.17) is 5.11 Å². The van der Waals surface area contributed by atoms with Crippen molar-refractivity contribution < 1.29 is 14.8 Å². The van der Waals surface area contributed by atoms with Gasteiger partial charge in [0.25, 0.3) is 0 Å². The molecule has 0 aromatic carbocycles. The molecular weight excluding hydrogens is 234 g/mol. The van der Waals surface area contributed by atoms with Crippen LogP contribution in [0.15, 0.2) is 11.4 Å². The maximum absolute atomic E-state index is 10.6. The van der Waals surface area contributed by atoms with Crippen molar-refractivity contribution in [3.63, 3.8) is 0 Å². The van der Waals surface area contributed by atoms with Crippen molar-refractivity contribution in [1.82, 2.24) is 9.55 Å². The summed E-state index contributed by atoms with van der Waals surface area (Å²) in [5.41, 5.74) is 0. The number of aryl methyl sites for hydroxylation is 1. The minimum Gasteiger partial charge on any atom is -0.481 e. The first-order valence-corrected chi connectivity index (χ1v) is 5.34. The lowest BCUT2D eigenvalue weighted by molar-refractivity contribution is -0.392. The van der Waals surface area contributed by atoms with Crippen LogP contribution in [0.5, 0.6) is 0 Å². The van der Waals surface area contributed by atoms with Gasteiger partial charge in [0.1, 0.15) is 0 Å². The molecule has 1 rings (SSSR count). The van der Waals surface area contributed by atoms with Crippen LogP contribution in [0.3, 0.4) is 0 Å². The number of nitro groups is 1. The summed E-state index contributed by atoms with van der Waals surface area (Å²) >= 11 is 1.14. The van der Waals surface area contributed by atoms with E-state index in [1.807, 2.05) is 0 Å². The van der Waals surface area contributed by atoms with E-state index in [1.165, 1.54) is 10.9 Å². The Hall–Kier alpha value is -1.57. The second kappa shape index (κ2) is 4.97. The van der Waals surface area contributed by atoms with Crippen LogP contribution in [0.2, 0.25) is 0 Å². The number of hydrogen-bond acceptors (Lipinski definition) is 5. The largest absolute Gasteiger partial charge is 0.481 e. The molecule has 0 radical (unpaired) electrons. The molecule has 1 N–H and O–H groups in total. The third-order valence-electron chi connectivity index (χ3n) is 1.81. The van der Waals surface area contributed by atoms with Gasteiger partial charge in [-0.3, -0.25) is 4.79 Å². The normalized spacial score (nSPS) is 12.4. The number of aliphatic carboxylic acids is 1. The number of carboxylic acid groups (broad SMARTS) is 1. The highest BCUT2D eigenvalue weighted by Crippen LogP contribution is 2.31. The monoisotopic (exact) mass is 245 g/mol. The second-order valence-electron chi connectivity index (χ2n) is 3.27. The van der Waals surface area contributed by atoms with Crippen molar-refractivity contribution in [2.24, 2.45) is 7.05 Å². The van der Waals surface area contributed by atoms with Crippen molar-refractivity contribution in [2.45, 2.75) is 23.6 Å². The molecule has 1 aromatic rings. The Bertz CT molecular complexity index is 417. The summed E-state index contributed by atoms with van der Waals surface area (Å²) < 4.78 is 1.52. The van der Waals surface area contributed by atoms with Crippen LogP contribution < -0.4 is 0 Å². The summed E-state index contributed by atoms with van der Waals surface area (Å²) in [6.07, 6.45) is 1.29. The zero-order chi connectivity index (χ0) is 12.3. The fourth-order valence-corrected chi connectivity index (χ4v) is 2.20. The molecule has 0 saturated heterocycles. The Kier molecular flexibility index (Phi) is 3.88. The lowest BCUT2D eigenvalue weighted by Gasteiger charge is -2.07. The molecule has 0 saturated carbocycles. The molecule has 88 valence electrons. The van der Waals surface area contributed by atoms with Gasteiger partial charge in [0.2, 0.25) is 6.33 Å². The number of nitrogens with zero attached hydrogens (tertiary/aromatic N) is 3. The second-order valence-corrected chi connectivity index (χ2v) is 4.69. The van der Waals surface area contributed by atoms with Gasteiger partial charge in [-0.25, -0.2) is 0 Å². The van der Waals surface area contributed by atoms with Gasteiger partial charge < -0.3 is 19.8 Å². The number of hydrogen-bond donors (Lipinski definition) is 1. The van der Waals surface area contributed by atoms with Crippen molar-refractivity contribution >= 4 is 23.5 Å². The third-order valence-corrected chi connectivity index (χ3v) is 3.08. The highest BCUT2D eigenvalue weighted by atomic mass is 32.2. The molecule has 0 bridgehead atoms. The summed E-state index contributed by atoms with van der Waals surface area (Å²) in [5.74, 6) is -1.16. The maximum atomic E-state index is 10.6. The van der Waals surface area contributed by atoms with Crippen LogP contribution in [0.1, 0.15) is 13.3 Å². The molecule has 0 amide bonds. The third kappa shape index (κ3) is 2.96. The molecule has 0 spiro atoms. The molecule has 16 heavy (non-hydrogen) atoms. The van der Waals surface area contributed by atoms with E-state index in [2.05, 4.69) is 4.98 Å². The predicted octanol–water partition coefficient (Wildman–Crippen LogP) is 1.28. The average Bonchev–Trinajstić information content (AvgIpc) is 2.46. The molecule has 0 aliphatic carbocycles. The number of carbonyl (C=O) groups is 1. The lowest BCUT2D eigenvalue weighted by atomic mass is 10.3. The molecular formula is C8H11N3O4S. The molecule has 0 aliphatic rings. The first-order valence-electron chi connectivity index (χ1n) is 4.46. The van der Waals surface area contributed by atoms with Crippen molar-refractivity contribution in [1.29, 1.82) is 0 Å². The first-order chi connectivity index (χ1) is 7.41. The van der Waals surface area contributed by atoms with Gasteiger partial charge in [0, 0.05) is 12.3 Å². The number of imidazole rings is 1. The Labute approximate surface area is 95.6 Å². The molecule has 8 heteroatoms. The Morgan fingerprint density at radius 2 is 2.44 bits per heavy atom. The van der Waals surface area contributed by atoms with Crippen LogP contribution in [0, 0.1) is 10.1 Å². The highest BCUT2D eigenvalue weighted by molar-refractivity contribution is 8.00. The smallest absolute Gasteiger partial charge is 0.395 e. The van der Waals surface area contributed by atoms with Crippen LogP contribution in [-0.4, -0.2) is 30.8 Å². The Morgan fingerprint density at radius 1 is 1.81 bits per heavy atom. The van der Waals surface area contributed by atoms with Gasteiger partial charge in [-0.15, -0.1) is 0 Å². The number of aromatic nitrogens is 2. The topological polar surface area (TPSA) is 98.3 Å². The van der Waals surface area contributed by atoms with Crippen LogP contribution in [-0.2, 0) is 11.8 Å². The summed E-state index contributed by atoms with van der Waals surface area (Å²) in [4.78, 5) is 24.2. The lowest BCUT2D eigenvalue weighted by Crippen LogP contribution is -2.07. The summed E-state index contributed by atoms with van der Waals surface area (Å²) in [6, 6.07) is 0. The molecule has 1 aromatic heterocycles. The van der Waals surface area contributed by atoms with Gasteiger partial charge in [-0.1, -0.05) is 18.7 Å².